The number of hydrogen-bond donors (Lipinski definition) is 0. The minimum Gasteiger partial charge on any atom is -0.237 e. The highest BCUT2D eigenvalue weighted by Gasteiger charge is 2.62. The third-order valence-corrected chi connectivity index (χ3v) is 17.8. The van der Waals surface area contributed by atoms with Gasteiger partial charge in [-0.25, -0.2) is 39.9 Å². The summed E-state index contributed by atoms with van der Waals surface area (Å²) in [6, 6.07) is 79.2. The summed E-state index contributed by atoms with van der Waals surface area (Å²) in [5.41, 5.74) is 16.5. The third-order valence-electron chi connectivity index (χ3n) is 17.8. The van der Waals surface area contributed by atoms with Gasteiger partial charge in [0.1, 0.15) is 5.69 Å². The van der Waals surface area contributed by atoms with Crippen molar-refractivity contribution in [2.45, 2.75) is 37.5 Å². The SMILES string of the molecule is c1ccc(-c2nc(-c3ccccc3)nc(-c3ccc(-c4ccc5c(c4)C4(c6cc(-c7nccc(-c8nc(-c9ccccc9)nc(-c9ccccc9)n8)n7)cc(-c7cccc8ccccc78)c6-5)C5CC6CC(C5)CC4C6)cc3)n2)cc1. The number of benzene rings is 9. The minimum absolute atomic E-state index is 0.184. The second-order valence-corrected chi connectivity index (χ2v) is 22.3. The lowest BCUT2D eigenvalue weighted by Crippen LogP contribution is -2.55. The Hall–Kier alpha value is -9.66. The summed E-state index contributed by atoms with van der Waals surface area (Å²) in [7, 11) is 0. The highest BCUT2D eigenvalue weighted by molar-refractivity contribution is 6.04. The van der Waals surface area contributed by atoms with E-state index in [4.69, 9.17) is 39.9 Å². The first kappa shape index (κ1) is 46.4. The second-order valence-electron chi connectivity index (χ2n) is 22.3. The highest BCUT2D eigenvalue weighted by Crippen LogP contribution is 2.70. The first-order chi connectivity index (χ1) is 39.6. The van der Waals surface area contributed by atoms with Crippen molar-refractivity contribution >= 4 is 10.8 Å². The van der Waals surface area contributed by atoms with Crippen LogP contribution in [0.5, 0.6) is 0 Å². The van der Waals surface area contributed by atoms with E-state index in [2.05, 4.69) is 121 Å². The summed E-state index contributed by atoms with van der Waals surface area (Å²) in [4.78, 5) is 40.8. The molecule has 4 bridgehead atoms. The zero-order valence-corrected chi connectivity index (χ0v) is 43.9. The van der Waals surface area contributed by atoms with Crippen LogP contribution in [0.3, 0.4) is 0 Å². The van der Waals surface area contributed by atoms with Crippen LogP contribution in [0.25, 0.3) is 124 Å². The average molecular weight is 1030 g/mol. The molecule has 3 heterocycles. The molecular weight excluding hydrogens is 977 g/mol. The summed E-state index contributed by atoms with van der Waals surface area (Å²) in [5, 5.41) is 2.44. The molecule has 0 unspecified atom stereocenters. The number of nitrogens with zero attached hydrogens (tertiary/aromatic N) is 8. The molecule has 5 aliphatic carbocycles. The van der Waals surface area contributed by atoms with Crippen molar-refractivity contribution in [3.05, 3.63) is 242 Å². The Morgan fingerprint density at radius 2 is 0.762 bits per heavy atom. The zero-order chi connectivity index (χ0) is 52.7. The Morgan fingerprint density at radius 3 is 1.32 bits per heavy atom. The molecule has 1 spiro atoms. The molecule has 4 fully saturated rings. The highest BCUT2D eigenvalue weighted by atomic mass is 15.1. The van der Waals surface area contributed by atoms with Crippen molar-refractivity contribution in [3.8, 4) is 113 Å². The minimum atomic E-state index is -0.184. The standard InChI is InChI=1S/C72H52N8/c1-5-17-48(18-6-1)66-75-67(49-19-7-2-8-20-49)77-70(76-66)52-30-28-46(29-31-52)53-32-33-59-61(42-53)72(55-37-44-36-45(39-55)40-56(72)38-44)62-43-54(41-60(64(59)62)58-27-15-25-47-16-13-14-26-57(47)58)65-73-35-34-63(74-65)71-79-68(50-21-9-3-10-22-50)78-69(80-71)51-23-11-4-12-24-51/h1-35,41-45,55-56H,36-40H2. The first-order valence-corrected chi connectivity index (χ1v) is 28.1. The summed E-state index contributed by atoms with van der Waals surface area (Å²) in [5.74, 6) is 6.87. The fraction of sp³-hybridized carbons (Fsp3) is 0.139. The van der Waals surface area contributed by atoms with E-state index >= 15 is 0 Å². The normalized spacial score (nSPS) is 19.3. The van der Waals surface area contributed by atoms with Crippen LogP contribution in [-0.4, -0.2) is 39.9 Å². The van der Waals surface area contributed by atoms with Crippen LogP contribution < -0.4 is 0 Å². The van der Waals surface area contributed by atoms with Gasteiger partial charge in [0, 0.05) is 45.0 Å². The molecule has 0 aliphatic heterocycles. The van der Waals surface area contributed by atoms with Gasteiger partial charge in [-0.15, -0.1) is 0 Å². The van der Waals surface area contributed by atoms with E-state index in [1.807, 2.05) is 109 Å². The Kier molecular flexibility index (Phi) is 10.9. The van der Waals surface area contributed by atoms with Crippen molar-refractivity contribution in [1.82, 2.24) is 39.9 Å². The smallest absolute Gasteiger partial charge is 0.182 e. The molecule has 0 radical (unpaired) electrons. The Morgan fingerprint density at radius 1 is 0.300 bits per heavy atom. The van der Waals surface area contributed by atoms with Crippen molar-refractivity contribution in [3.63, 3.8) is 0 Å². The van der Waals surface area contributed by atoms with E-state index in [-0.39, 0.29) is 5.41 Å². The molecule has 0 atom stereocenters. The quantitative estimate of drug-likeness (QED) is 0.141. The summed E-state index contributed by atoms with van der Waals surface area (Å²) in [6.45, 7) is 0. The predicted octanol–water partition coefficient (Wildman–Crippen LogP) is 16.7. The summed E-state index contributed by atoms with van der Waals surface area (Å²) < 4.78 is 0. The Balaban J connectivity index is 0.860. The molecule has 4 saturated carbocycles. The average Bonchev–Trinajstić information content (AvgIpc) is 4.01. The van der Waals surface area contributed by atoms with Crippen LogP contribution in [0, 0.1) is 23.7 Å². The van der Waals surface area contributed by atoms with Gasteiger partial charge in [0.15, 0.2) is 40.8 Å². The van der Waals surface area contributed by atoms with Gasteiger partial charge in [-0.05, 0) is 135 Å². The first-order valence-electron chi connectivity index (χ1n) is 28.1. The van der Waals surface area contributed by atoms with Gasteiger partial charge in [-0.3, -0.25) is 0 Å². The van der Waals surface area contributed by atoms with Gasteiger partial charge in [0.25, 0.3) is 0 Å². The maximum absolute atomic E-state index is 5.43. The number of fused-ring (bicyclic) bond motifs is 4. The maximum Gasteiger partial charge on any atom is 0.182 e. The lowest BCUT2D eigenvalue weighted by molar-refractivity contribution is -0.0399. The maximum atomic E-state index is 5.43. The van der Waals surface area contributed by atoms with E-state index in [0.29, 0.717) is 58.3 Å². The predicted molar refractivity (Wildman–Crippen MR) is 318 cm³/mol. The molecule has 9 aromatic carbocycles. The largest absolute Gasteiger partial charge is 0.237 e. The summed E-state index contributed by atoms with van der Waals surface area (Å²) in [6.07, 6.45) is 8.23. The lowest BCUT2D eigenvalue weighted by Gasteiger charge is -2.61. The molecule has 17 rings (SSSR count). The van der Waals surface area contributed by atoms with Crippen LogP contribution in [-0.2, 0) is 5.41 Å². The monoisotopic (exact) mass is 1030 g/mol. The van der Waals surface area contributed by atoms with Crippen molar-refractivity contribution in [2.75, 3.05) is 0 Å². The molecule has 80 heavy (non-hydrogen) atoms. The molecule has 380 valence electrons. The second kappa shape index (κ2) is 18.8. The van der Waals surface area contributed by atoms with Crippen LogP contribution in [0.2, 0.25) is 0 Å². The third kappa shape index (κ3) is 7.72. The van der Waals surface area contributed by atoms with Gasteiger partial charge >= 0.3 is 0 Å². The Bertz CT molecular complexity index is 4210. The summed E-state index contributed by atoms with van der Waals surface area (Å²) >= 11 is 0. The van der Waals surface area contributed by atoms with Crippen molar-refractivity contribution < 1.29 is 0 Å². The van der Waals surface area contributed by atoms with Crippen LogP contribution in [0.4, 0.5) is 0 Å². The van der Waals surface area contributed by atoms with Gasteiger partial charge in [0.2, 0.25) is 0 Å². The van der Waals surface area contributed by atoms with E-state index < -0.39 is 0 Å². The zero-order valence-electron chi connectivity index (χ0n) is 43.9. The Labute approximate surface area is 464 Å². The van der Waals surface area contributed by atoms with Crippen LogP contribution >= 0.6 is 0 Å². The fourth-order valence-corrected chi connectivity index (χ4v) is 14.6. The van der Waals surface area contributed by atoms with Crippen molar-refractivity contribution in [1.29, 1.82) is 0 Å². The molecule has 0 saturated heterocycles. The van der Waals surface area contributed by atoms with Gasteiger partial charge in [-0.1, -0.05) is 200 Å². The van der Waals surface area contributed by atoms with Gasteiger partial charge in [0.05, 0.1) is 0 Å². The van der Waals surface area contributed by atoms with E-state index in [9.17, 15) is 0 Å². The van der Waals surface area contributed by atoms with Gasteiger partial charge in [-0.2, -0.15) is 0 Å². The molecule has 0 amide bonds. The molecule has 3 aromatic heterocycles. The van der Waals surface area contributed by atoms with Gasteiger partial charge < -0.3 is 0 Å². The molecule has 8 nitrogen and oxygen atoms in total. The number of aromatic nitrogens is 8. The van der Waals surface area contributed by atoms with E-state index in [0.717, 1.165) is 50.8 Å². The molecule has 5 aliphatic rings. The number of hydrogen-bond acceptors (Lipinski definition) is 8. The molecule has 8 heteroatoms. The molecule has 0 N–H and O–H groups in total. The molecular formula is C72H52N8. The van der Waals surface area contributed by atoms with E-state index in [1.165, 1.54) is 81.8 Å². The number of rotatable bonds is 9. The van der Waals surface area contributed by atoms with Crippen molar-refractivity contribution in [2.24, 2.45) is 23.7 Å². The topological polar surface area (TPSA) is 103 Å². The van der Waals surface area contributed by atoms with E-state index in [1.54, 1.807) is 0 Å². The van der Waals surface area contributed by atoms with Crippen LogP contribution in [0.15, 0.2) is 231 Å². The lowest BCUT2D eigenvalue weighted by atomic mass is 9.43. The van der Waals surface area contributed by atoms with Crippen LogP contribution in [0.1, 0.15) is 43.2 Å². The fourth-order valence-electron chi connectivity index (χ4n) is 14.6. The molecule has 12 aromatic rings.